The van der Waals surface area contributed by atoms with Crippen LogP contribution in [-0.2, 0) is 11.3 Å². The minimum Gasteiger partial charge on any atom is -0.493 e. The van der Waals surface area contributed by atoms with Crippen LogP contribution in [0.1, 0.15) is 31.7 Å². The van der Waals surface area contributed by atoms with Crippen LogP contribution in [0.5, 0.6) is 11.5 Å². The van der Waals surface area contributed by atoms with Crippen molar-refractivity contribution in [3.8, 4) is 11.5 Å². The largest absolute Gasteiger partial charge is 0.493 e. The molecule has 0 bridgehead atoms. The van der Waals surface area contributed by atoms with E-state index >= 15 is 0 Å². The van der Waals surface area contributed by atoms with Gasteiger partial charge in [-0.25, -0.2) is 0 Å². The highest BCUT2D eigenvalue weighted by molar-refractivity contribution is 5.42. The summed E-state index contributed by atoms with van der Waals surface area (Å²) in [6.45, 7) is 6.15. The van der Waals surface area contributed by atoms with E-state index in [2.05, 4.69) is 22.8 Å². The Morgan fingerprint density at radius 3 is 2.96 bits per heavy atom. The normalized spacial score (nSPS) is 27.2. The van der Waals surface area contributed by atoms with E-state index in [0.717, 1.165) is 37.8 Å². The van der Waals surface area contributed by atoms with Crippen LogP contribution >= 0.6 is 0 Å². The molecule has 2 fully saturated rings. The summed E-state index contributed by atoms with van der Waals surface area (Å²) in [6.07, 6.45) is 3.83. The molecule has 1 saturated carbocycles. The molecule has 5 heteroatoms. The van der Waals surface area contributed by atoms with Crippen LogP contribution in [-0.4, -0.2) is 45.6 Å². The molecule has 5 nitrogen and oxygen atoms in total. The molecule has 3 atom stereocenters. The van der Waals surface area contributed by atoms with Gasteiger partial charge in [-0.2, -0.15) is 0 Å². The third-order valence-corrected chi connectivity index (χ3v) is 5.13. The molecule has 1 aromatic carbocycles. The van der Waals surface area contributed by atoms with Crippen LogP contribution < -0.4 is 20.1 Å². The van der Waals surface area contributed by atoms with Gasteiger partial charge >= 0.3 is 0 Å². The number of hydrogen-bond acceptors (Lipinski definition) is 5. The van der Waals surface area contributed by atoms with Gasteiger partial charge < -0.3 is 24.8 Å². The minimum absolute atomic E-state index is 0.494. The molecule has 2 N–H and O–H groups in total. The van der Waals surface area contributed by atoms with Crippen LogP contribution in [0.3, 0.4) is 0 Å². The number of morpholine rings is 1. The molecule has 2 aliphatic rings. The van der Waals surface area contributed by atoms with Gasteiger partial charge in [0.05, 0.1) is 26.9 Å². The van der Waals surface area contributed by atoms with Crippen molar-refractivity contribution in [2.45, 2.75) is 44.8 Å². The minimum atomic E-state index is 0.494. The predicted octanol–water partition coefficient (Wildman–Crippen LogP) is 2.34. The topological polar surface area (TPSA) is 51.8 Å². The Balaban J connectivity index is 1.58. The Bertz CT molecular complexity index is 517. The number of nitrogens with one attached hydrogen (secondary N) is 2. The van der Waals surface area contributed by atoms with E-state index in [1.165, 1.54) is 24.8 Å². The number of ether oxygens (including phenoxy) is 3. The SMILES string of the molecule is CCOc1ccc(CNC2CCCC2C2COCCN2)cc1OC. The van der Waals surface area contributed by atoms with Gasteiger partial charge in [0, 0.05) is 25.2 Å². The van der Waals surface area contributed by atoms with Gasteiger partial charge in [-0.3, -0.25) is 0 Å². The molecule has 0 spiro atoms. The molecule has 1 heterocycles. The van der Waals surface area contributed by atoms with Crippen LogP contribution in [0, 0.1) is 5.92 Å². The van der Waals surface area contributed by atoms with E-state index in [1.807, 2.05) is 13.0 Å². The van der Waals surface area contributed by atoms with Crippen molar-refractivity contribution in [2.24, 2.45) is 5.92 Å². The number of methoxy groups -OCH3 is 1. The second kappa shape index (κ2) is 8.70. The highest BCUT2D eigenvalue weighted by Gasteiger charge is 2.34. The van der Waals surface area contributed by atoms with E-state index in [4.69, 9.17) is 14.2 Å². The standard InChI is InChI=1S/C19H30N2O3/c1-3-24-18-8-7-14(11-19(18)22-2)12-21-16-6-4-5-15(16)17-13-23-10-9-20-17/h7-8,11,15-17,20-21H,3-6,9-10,12-13H2,1-2H3. The first kappa shape index (κ1) is 17.5. The quantitative estimate of drug-likeness (QED) is 0.802. The predicted molar refractivity (Wildman–Crippen MR) is 94.7 cm³/mol. The Morgan fingerprint density at radius 2 is 2.21 bits per heavy atom. The van der Waals surface area contributed by atoms with E-state index in [-0.39, 0.29) is 0 Å². The Hall–Kier alpha value is -1.30. The van der Waals surface area contributed by atoms with Crippen molar-refractivity contribution in [1.29, 1.82) is 0 Å². The van der Waals surface area contributed by atoms with E-state index in [0.29, 0.717) is 24.6 Å². The summed E-state index contributed by atoms with van der Waals surface area (Å²) >= 11 is 0. The maximum Gasteiger partial charge on any atom is 0.161 e. The van der Waals surface area contributed by atoms with Gasteiger partial charge in [0.1, 0.15) is 0 Å². The van der Waals surface area contributed by atoms with Gasteiger partial charge in [-0.1, -0.05) is 12.5 Å². The summed E-state index contributed by atoms with van der Waals surface area (Å²) in [4.78, 5) is 0. The Kier molecular flexibility index (Phi) is 6.35. The van der Waals surface area contributed by atoms with Crippen molar-refractivity contribution in [3.05, 3.63) is 23.8 Å². The molecular formula is C19H30N2O3. The zero-order chi connectivity index (χ0) is 16.8. The van der Waals surface area contributed by atoms with E-state index in [1.54, 1.807) is 7.11 Å². The van der Waals surface area contributed by atoms with Gasteiger partial charge in [-0.05, 0) is 43.4 Å². The zero-order valence-corrected chi connectivity index (χ0v) is 14.8. The highest BCUT2D eigenvalue weighted by atomic mass is 16.5. The Morgan fingerprint density at radius 1 is 1.29 bits per heavy atom. The average molecular weight is 334 g/mol. The van der Waals surface area contributed by atoms with Crippen LogP contribution in [0.2, 0.25) is 0 Å². The summed E-state index contributed by atoms with van der Waals surface area (Å²) in [6, 6.07) is 7.24. The zero-order valence-electron chi connectivity index (χ0n) is 14.8. The van der Waals surface area contributed by atoms with E-state index < -0.39 is 0 Å². The summed E-state index contributed by atoms with van der Waals surface area (Å²) in [5.74, 6) is 2.28. The highest BCUT2D eigenvalue weighted by Crippen LogP contribution is 2.31. The lowest BCUT2D eigenvalue weighted by atomic mass is 9.94. The maximum absolute atomic E-state index is 5.65. The smallest absolute Gasteiger partial charge is 0.161 e. The van der Waals surface area contributed by atoms with Crippen molar-refractivity contribution >= 4 is 0 Å². The summed E-state index contributed by atoms with van der Waals surface area (Å²) in [5.41, 5.74) is 1.23. The molecular weight excluding hydrogens is 304 g/mol. The molecule has 1 aliphatic heterocycles. The van der Waals surface area contributed by atoms with Crippen molar-refractivity contribution in [2.75, 3.05) is 33.5 Å². The maximum atomic E-state index is 5.65. The molecule has 24 heavy (non-hydrogen) atoms. The number of hydrogen-bond donors (Lipinski definition) is 2. The molecule has 1 saturated heterocycles. The first-order chi connectivity index (χ1) is 11.8. The van der Waals surface area contributed by atoms with Gasteiger partial charge in [0.2, 0.25) is 0 Å². The lowest BCUT2D eigenvalue weighted by Crippen LogP contribution is -2.50. The summed E-state index contributed by atoms with van der Waals surface area (Å²) in [5, 5.41) is 7.38. The molecule has 134 valence electrons. The molecule has 0 radical (unpaired) electrons. The fraction of sp³-hybridized carbons (Fsp3) is 0.684. The van der Waals surface area contributed by atoms with Crippen LogP contribution in [0.15, 0.2) is 18.2 Å². The monoisotopic (exact) mass is 334 g/mol. The van der Waals surface area contributed by atoms with Crippen molar-refractivity contribution in [3.63, 3.8) is 0 Å². The number of rotatable bonds is 7. The third-order valence-electron chi connectivity index (χ3n) is 5.13. The molecule has 1 aliphatic carbocycles. The second-order valence-corrected chi connectivity index (χ2v) is 6.64. The number of benzene rings is 1. The average Bonchev–Trinajstić information content (AvgIpc) is 3.10. The molecule has 3 unspecified atom stereocenters. The third kappa shape index (κ3) is 4.21. The van der Waals surface area contributed by atoms with Gasteiger partial charge in [-0.15, -0.1) is 0 Å². The summed E-state index contributed by atoms with van der Waals surface area (Å²) < 4.78 is 16.7. The first-order valence-electron chi connectivity index (χ1n) is 9.16. The van der Waals surface area contributed by atoms with E-state index in [9.17, 15) is 0 Å². The first-order valence-corrected chi connectivity index (χ1v) is 9.16. The van der Waals surface area contributed by atoms with Gasteiger partial charge in [0.25, 0.3) is 0 Å². The molecule has 3 rings (SSSR count). The fourth-order valence-corrected chi connectivity index (χ4v) is 3.93. The lowest BCUT2D eigenvalue weighted by Gasteiger charge is -2.33. The van der Waals surface area contributed by atoms with Crippen LogP contribution in [0.4, 0.5) is 0 Å². The fourth-order valence-electron chi connectivity index (χ4n) is 3.93. The van der Waals surface area contributed by atoms with Crippen LogP contribution in [0.25, 0.3) is 0 Å². The molecule has 1 aromatic rings. The second-order valence-electron chi connectivity index (χ2n) is 6.64. The summed E-state index contributed by atoms with van der Waals surface area (Å²) in [7, 11) is 1.69. The molecule has 0 aromatic heterocycles. The van der Waals surface area contributed by atoms with Crippen molar-refractivity contribution in [1.82, 2.24) is 10.6 Å². The van der Waals surface area contributed by atoms with Gasteiger partial charge in [0.15, 0.2) is 11.5 Å². The van der Waals surface area contributed by atoms with Crippen molar-refractivity contribution < 1.29 is 14.2 Å². The lowest BCUT2D eigenvalue weighted by molar-refractivity contribution is 0.0524. The molecule has 0 amide bonds. The Labute approximate surface area is 145 Å².